The summed E-state index contributed by atoms with van der Waals surface area (Å²) >= 11 is 0. The normalized spacial score (nSPS) is 14.9. The van der Waals surface area contributed by atoms with Gasteiger partial charge in [0.1, 0.15) is 11.4 Å². The number of nitrogens with zero attached hydrogens (tertiary/aromatic N) is 4. The number of allylic oxidation sites excluding steroid dienone is 3. The van der Waals surface area contributed by atoms with Gasteiger partial charge in [0.05, 0.1) is 28.4 Å². The van der Waals surface area contributed by atoms with E-state index in [1.807, 2.05) is 92.7 Å². The zero-order chi connectivity index (χ0) is 48.8. The number of fused-ring (bicyclic) bond motifs is 2. The third-order valence-corrected chi connectivity index (χ3v) is 14.3. The lowest BCUT2D eigenvalue weighted by atomic mass is 9.72. The summed E-state index contributed by atoms with van der Waals surface area (Å²) in [5, 5.41) is 14.6. The van der Waals surface area contributed by atoms with Crippen molar-refractivity contribution in [2.24, 2.45) is 21.9 Å². The Bertz CT molecular complexity index is 2660. The van der Waals surface area contributed by atoms with Crippen LogP contribution in [0, 0.1) is 11.1 Å². The minimum absolute atomic E-state index is 0.299. The van der Waals surface area contributed by atoms with Crippen LogP contribution in [-0.4, -0.2) is 0 Å². The lowest BCUT2D eigenvalue weighted by molar-refractivity contribution is 0.382. The van der Waals surface area contributed by atoms with Crippen LogP contribution >= 0.6 is 16.9 Å². The topological polar surface area (TPSA) is 235 Å². The molecule has 5 aromatic rings. The maximum atomic E-state index is 8.03. The molecule has 1 heterocycles. The molecule has 0 saturated carbocycles. The fourth-order valence-electron chi connectivity index (χ4n) is 7.53. The second-order valence-corrected chi connectivity index (χ2v) is 21.4. The zero-order valence-corrected chi connectivity index (χ0v) is 42.0. The number of benzene rings is 5. The van der Waals surface area contributed by atoms with Gasteiger partial charge in [0.15, 0.2) is 23.0 Å². The van der Waals surface area contributed by atoms with Gasteiger partial charge in [-0.1, -0.05) is 124 Å². The van der Waals surface area contributed by atoms with Crippen LogP contribution in [0.15, 0.2) is 131 Å². The van der Waals surface area contributed by atoms with E-state index in [9.17, 15) is 0 Å². The number of hydrogen-bond acceptors (Lipinski definition) is 15. The largest absolute Gasteiger partial charge is 0.449 e. The highest BCUT2D eigenvalue weighted by molar-refractivity contribution is 7.56. The van der Waals surface area contributed by atoms with Gasteiger partial charge in [-0.25, -0.2) is 32.3 Å². The maximum absolute atomic E-state index is 8.03. The summed E-state index contributed by atoms with van der Waals surface area (Å²) in [6.45, 7) is 21.3. The predicted octanol–water partition coefficient (Wildman–Crippen LogP) is 14.2. The van der Waals surface area contributed by atoms with Crippen LogP contribution in [0.4, 0.5) is 34.1 Å². The molecule has 7 rings (SSSR count). The number of rotatable bonds is 14. The molecular formula is C50H66N12O3P2. The molecule has 17 heteroatoms. The van der Waals surface area contributed by atoms with E-state index in [2.05, 4.69) is 87.9 Å². The summed E-state index contributed by atoms with van der Waals surface area (Å²) in [6, 6.07) is 30.3. The fourth-order valence-corrected chi connectivity index (χ4v) is 10.3. The minimum Gasteiger partial charge on any atom is -0.449 e. The van der Waals surface area contributed by atoms with E-state index in [1.54, 1.807) is 18.2 Å². The zero-order valence-electron chi connectivity index (χ0n) is 40.2. The predicted molar refractivity (Wildman–Crippen MR) is 277 cm³/mol. The molecule has 0 spiro atoms. The van der Waals surface area contributed by atoms with Gasteiger partial charge in [-0.3, -0.25) is 0 Å². The molecule has 2 aliphatic rings. The SMILES string of the molecule is CC.CC(C)(C)c1cc(OP(NC2=C(N=N)C=CCCC2)N(N)c2ccccc2N)c2c(c1)C(C)(C)c1cc(C(C)(C)C)cc(OP(Nc3ccccc3N=N)N(N)c3ccccc3N)c1O2. The highest BCUT2D eigenvalue weighted by Gasteiger charge is 2.42. The van der Waals surface area contributed by atoms with Crippen LogP contribution in [-0.2, 0) is 16.2 Å². The molecule has 1 aliphatic carbocycles. The quantitative estimate of drug-likeness (QED) is 0.0171. The number of anilines is 5. The van der Waals surface area contributed by atoms with Crippen LogP contribution < -0.4 is 56.7 Å². The van der Waals surface area contributed by atoms with E-state index in [1.165, 1.54) is 9.56 Å². The van der Waals surface area contributed by atoms with Crippen molar-refractivity contribution in [1.29, 1.82) is 11.1 Å². The van der Waals surface area contributed by atoms with Crippen molar-refractivity contribution >= 4 is 51.0 Å². The highest BCUT2D eigenvalue weighted by atomic mass is 31.2. The van der Waals surface area contributed by atoms with Gasteiger partial charge in [0.2, 0.25) is 0 Å². The van der Waals surface area contributed by atoms with Gasteiger partial charge in [-0.05, 0) is 95.8 Å². The van der Waals surface area contributed by atoms with Crippen LogP contribution in [0.1, 0.15) is 111 Å². The average Bonchev–Trinajstić information content (AvgIpc) is 3.53. The molecule has 67 heavy (non-hydrogen) atoms. The molecule has 354 valence electrons. The van der Waals surface area contributed by atoms with Crippen LogP contribution in [0.5, 0.6) is 23.0 Å². The molecule has 0 aromatic heterocycles. The summed E-state index contributed by atoms with van der Waals surface area (Å²) in [4.78, 5) is 0. The summed E-state index contributed by atoms with van der Waals surface area (Å²) in [5.41, 5.74) is 35.8. The van der Waals surface area contributed by atoms with Crippen molar-refractivity contribution in [2.75, 3.05) is 26.1 Å². The monoisotopic (exact) mass is 944 g/mol. The van der Waals surface area contributed by atoms with E-state index < -0.39 is 22.3 Å². The number of hydrazine groups is 2. The van der Waals surface area contributed by atoms with E-state index in [-0.39, 0.29) is 10.8 Å². The Hall–Kier alpha value is -6.24. The number of nitrogens with two attached hydrogens (primary N) is 4. The van der Waals surface area contributed by atoms with Gasteiger partial charge >= 0.3 is 16.9 Å². The second kappa shape index (κ2) is 20.7. The van der Waals surface area contributed by atoms with E-state index in [0.29, 0.717) is 69.2 Å². The summed E-state index contributed by atoms with van der Waals surface area (Å²) in [6.07, 6.45) is 6.19. The Morgan fingerprint density at radius 2 is 1.16 bits per heavy atom. The van der Waals surface area contributed by atoms with Gasteiger partial charge in [0.25, 0.3) is 0 Å². The molecule has 2 unspecified atom stereocenters. The number of nitrogen functional groups attached to an aromatic ring is 2. The first-order valence-corrected chi connectivity index (χ1v) is 24.8. The smallest absolute Gasteiger partial charge is 0.322 e. The molecule has 5 aromatic carbocycles. The molecule has 2 atom stereocenters. The molecule has 15 nitrogen and oxygen atoms in total. The lowest BCUT2D eigenvalue weighted by Crippen LogP contribution is -2.34. The van der Waals surface area contributed by atoms with E-state index in [4.69, 9.17) is 48.0 Å². The Labute approximate surface area is 398 Å². The fraction of sp³-hybridized carbons (Fsp3) is 0.320. The molecule has 0 radical (unpaired) electrons. The highest BCUT2D eigenvalue weighted by Crippen LogP contribution is 2.60. The number of para-hydroxylation sites is 6. The van der Waals surface area contributed by atoms with Crippen LogP contribution in [0.3, 0.4) is 0 Å². The van der Waals surface area contributed by atoms with Crippen LogP contribution in [0.2, 0.25) is 0 Å². The number of ether oxygens (including phenoxy) is 1. The van der Waals surface area contributed by atoms with Crippen molar-refractivity contribution < 1.29 is 13.8 Å². The molecule has 0 amide bonds. The van der Waals surface area contributed by atoms with Crippen LogP contribution in [0.25, 0.3) is 0 Å². The van der Waals surface area contributed by atoms with Crippen molar-refractivity contribution in [1.82, 2.24) is 5.09 Å². The Morgan fingerprint density at radius 3 is 1.64 bits per heavy atom. The third kappa shape index (κ3) is 11.0. The van der Waals surface area contributed by atoms with Gasteiger partial charge in [0, 0.05) is 22.2 Å². The summed E-state index contributed by atoms with van der Waals surface area (Å²) in [7, 11) is -3.96. The Kier molecular flexibility index (Phi) is 15.5. The van der Waals surface area contributed by atoms with E-state index >= 15 is 0 Å². The Morgan fingerprint density at radius 1 is 0.687 bits per heavy atom. The number of nitrogens with one attached hydrogen (secondary N) is 4. The van der Waals surface area contributed by atoms with Crippen molar-refractivity contribution in [2.45, 2.75) is 105 Å². The molecule has 0 fully saturated rings. The Balaban J connectivity index is 0.00000365. The summed E-state index contributed by atoms with van der Waals surface area (Å²) in [5.74, 6) is 15.9. The van der Waals surface area contributed by atoms with Gasteiger partial charge in [-0.15, -0.1) is 0 Å². The first kappa shape index (κ1) is 50.2. The maximum Gasteiger partial charge on any atom is 0.322 e. The molecule has 12 N–H and O–H groups in total. The molecule has 0 saturated heterocycles. The van der Waals surface area contributed by atoms with Crippen molar-refractivity contribution in [3.8, 4) is 23.0 Å². The van der Waals surface area contributed by atoms with Gasteiger partial charge in [-0.2, -0.15) is 10.2 Å². The third-order valence-electron chi connectivity index (χ3n) is 11.5. The molecular weight excluding hydrogens is 879 g/mol. The summed E-state index contributed by atoms with van der Waals surface area (Å²) < 4.78 is 24.5. The first-order chi connectivity index (χ1) is 31.8. The molecule has 0 bridgehead atoms. The van der Waals surface area contributed by atoms with Crippen molar-refractivity contribution in [3.05, 3.63) is 143 Å². The standard InChI is InChI=1S/C48H60N12O3P2.C2H6/c1-46(2,3)30-26-32-44(42(28-30)62-64(59(53)40-24-16-12-18-34(40)49)57-38-22-11-9-10-20-36(38)55-51)61-45-33(48(32,7)8)27-31(47(4,5)6)29-43(45)63-65(58-39-23-15-14-21-37(39)56-52)60(54)41-25-17-13-19-35(41)50;1-2/h10,12-21,23-29,51-52,57-58H,9,11,22,49-50,53-54H2,1-8H3;1-2H3. The van der Waals surface area contributed by atoms with Gasteiger partial charge < -0.3 is 35.4 Å². The minimum atomic E-state index is -2.00. The average molecular weight is 945 g/mol. The second-order valence-electron chi connectivity index (χ2n) is 18.6. The molecule has 1 aliphatic heterocycles. The van der Waals surface area contributed by atoms with Crippen molar-refractivity contribution in [3.63, 3.8) is 0 Å². The van der Waals surface area contributed by atoms with E-state index in [0.717, 1.165) is 40.8 Å². The lowest BCUT2D eigenvalue weighted by Gasteiger charge is -2.39. The first-order valence-electron chi connectivity index (χ1n) is 22.4. The number of hydrogen-bond donors (Lipinski definition) is 8.